The standard InChI is InChI=1S/C26H30N2O5S/c1-31-19-11-12-22(23(15-19)32-2)25(26(30)27-18-7-3-4-8-18)28(17-20-9-5-13-33-20)24(29)16-21-10-6-14-34-21/h5-6,9-15,18,25H,3-4,7-8,16-17H2,1-2H3,(H,27,30). The average Bonchev–Trinajstić information content (AvgIpc) is 3.63. The zero-order valence-corrected chi connectivity index (χ0v) is 20.3. The summed E-state index contributed by atoms with van der Waals surface area (Å²) < 4.78 is 16.6. The van der Waals surface area contributed by atoms with E-state index in [9.17, 15) is 9.59 Å². The van der Waals surface area contributed by atoms with E-state index in [0.717, 1.165) is 30.6 Å². The summed E-state index contributed by atoms with van der Waals surface area (Å²) in [4.78, 5) is 30.0. The third-order valence-electron chi connectivity index (χ3n) is 6.13. The molecule has 0 aliphatic heterocycles. The Kier molecular flexibility index (Phi) is 7.90. The number of methoxy groups -OCH3 is 2. The number of hydrogen-bond donors (Lipinski definition) is 1. The lowest BCUT2D eigenvalue weighted by Crippen LogP contribution is -2.46. The molecule has 1 aromatic carbocycles. The van der Waals surface area contributed by atoms with Gasteiger partial charge in [-0.3, -0.25) is 9.59 Å². The summed E-state index contributed by atoms with van der Waals surface area (Å²) in [5, 5.41) is 5.12. The fourth-order valence-corrected chi connectivity index (χ4v) is 5.10. The van der Waals surface area contributed by atoms with Gasteiger partial charge in [0.15, 0.2) is 0 Å². The minimum absolute atomic E-state index is 0.108. The van der Waals surface area contributed by atoms with E-state index in [4.69, 9.17) is 13.9 Å². The molecular weight excluding hydrogens is 452 g/mol. The van der Waals surface area contributed by atoms with Gasteiger partial charge in [0.2, 0.25) is 11.8 Å². The Morgan fingerprint density at radius 1 is 1.15 bits per heavy atom. The zero-order valence-electron chi connectivity index (χ0n) is 19.5. The molecule has 2 amide bonds. The van der Waals surface area contributed by atoms with Gasteiger partial charge in [-0.2, -0.15) is 0 Å². The summed E-state index contributed by atoms with van der Waals surface area (Å²) in [7, 11) is 3.13. The van der Waals surface area contributed by atoms with Crippen molar-refractivity contribution in [3.05, 3.63) is 70.3 Å². The molecule has 1 unspecified atom stereocenters. The minimum atomic E-state index is -0.890. The van der Waals surface area contributed by atoms with Crippen LogP contribution in [0.3, 0.4) is 0 Å². The number of carbonyl (C=O) groups excluding carboxylic acids is 2. The molecule has 34 heavy (non-hydrogen) atoms. The van der Waals surface area contributed by atoms with E-state index in [1.807, 2.05) is 23.6 Å². The van der Waals surface area contributed by atoms with Crippen LogP contribution in [-0.2, 0) is 22.6 Å². The molecule has 3 aromatic rings. The van der Waals surface area contributed by atoms with Crippen molar-refractivity contribution in [2.75, 3.05) is 14.2 Å². The third kappa shape index (κ3) is 5.62. The minimum Gasteiger partial charge on any atom is -0.497 e. The van der Waals surface area contributed by atoms with Gasteiger partial charge < -0.3 is 24.1 Å². The molecule has 0 saturated heterocycles. The van der Waals surface area contributed by atoms with Crippen LogP contribution in [-0.4, -0.2) is 37.0 Å². The summed E-state index contributed by atoms with van der Waals surface area (Å²) in [6.45, 7) is 0.162. The number of hydrogen-bond acceptors (Lipinski definition) is 6. The van der Waals surface area contributed by atoms with E-state index in [2.05, 4.69) is 5.32 Å². The molecule has 1 aliphatic carbocycles. The van der Waals surface area contributed by atoms with E-state index in [1.54, 1.807) is 49.6 Å². The van der Waals surface area contributed by atoms with Crippen LogP contribution >= 0.6 is 11.3 Å². The third-order valence-corrected chi connectivity index (χ3v) is 7.01. The molecule has 2 aromatic heterocycles. The smallest absolute Gasteiger partial charge is 0.247 e. The number of furan rings is 1. The Balaban J connectivity index is 1.74. The molecule has 1 saturated carbocycles. The first-order valence-corrected chi connectivity index (χ1v) is 12.3. The maximum atomic E-state index is 13.8. The number of ether oxygens (including phenoxy) is 2. The molecule has 1 aliphatic rings. The molecule has 1 atom stereocenters. The summed E-state index contributed by atoms with van der Waals surface area (Å²) in [6.07, 6.45) is 5.84. The molecule has 180 valence electrons. The maximum absolute atomic E-state index is 13.8. The zero-order chi connectivity index (χ0) is 23.9. The highest BCUT2D eigenvalue weighted by Gasteiger charge is 2.35. The van der Waals surface area contributed by atoms with Crippen LogP contribution in [0.4, 0.5) is 0 Å². The van der Waals surface area contributed by atoms with Crippen LogP contribution < -0.4 is 14.8 Å². The van der Waals surface area contributed by atoms with Crippen LogP contribution in [0.15, 0.2) is 58.5 Å². The summed E-state index contributed by atoms with van der Waals surface area (Å²) in [5.41, 5.74) is 0.602. The Morgan fingerprint density at radius 3 is 2.62 bits per heavy atom. The van der Waals surface area contributed by atoms with Gasteiger partial charge in [-0.05, 0) is 48.6 Å². The van der Waals surface area contributed by atoms with Crippen LogP contribution in [0, 0.1) is 0 Å². The van der Waals surface area contributed by atoms with Crippen molar-refractivity contribution in [2.45, 2.75) is 50.7 Å². The number of nitrogens with one attached hydrogen (secondary N) is 1. The monoisotopic (exact) mass is 482 g/mol. The highest BCUT2D eigenvalue weighted by Crippen LogP contribution is 2.35. The first kappa shape index (κ1) is 23.9. The lowest BCUT2D eigenvalue weighted by molar-refractivity contribution is -0.141. The molecule has 4 rings (SSSR count). The number of nitrogens with zero attached hydrogens (tertiary/aromatic N) is 1. The predicted octanol–water partition coefficient (Wildman–Crippen LogP) is 4.73. The van der Waals surface area contributed by atoms with Crippen LogP contribution in [0.2, 0.25) is 0 Å². The van der Waals surface area contributed by atoms with Crippen LogP contribution in [0.25, 0.3) is 0 Å². The van der Waals surface area contributed by atoms with E-state index in [-0.39, 0.29) is 30.8 Å². The molecule has 0 spiro atoms. The molecule has 1 N–H and O–H groups in total. The number of rotatable bonds is 10. The number of thiophene rings is 1. The normalized spacial score (nSPS) is 14.5. The fraction of sp³-hybridized carbons (Fsp3) is 0.385. The number of carbonyl (C=O) groups is 2. The molecule has 1 fully saturated rings. The Bertz CT molecular complexity index is 1070. The molecule has 0 radical (unpaired) electrons. The van der Waals surface area contributed by atoms with Crippen molar-refractivity contribution in [3.63, 3.8) is 0 Å². The lowest BCUT2D eigenvalue weighted by Gasteiger charge is -2.32. The van der Waals surface area contributed by atoms with Gasteiger partial charge in [0.1, 0.15) is 23.3 Å². The molecule has 7 nitrogen and oxygen atoms in total. The van der Waals surface area contributed by atoms with Gasteiger partial charge in [-0.25, -0.2) is 0 Å². The van der Waals surface area contributed by atoms with Gasteiger partial charge in [-0.15, -0.1) is 11.3 Å². The van der Waals surface area contributed by atoms with Crippen molar-refractivity contribution in [1.82, 2.24) is 10.2 Å². The highest BCUT2D eigenvalue weighted by atomic mass is 32.1. The topological polar surface area (TPSA) is 81.0 Å². The van der Waals surface area contributed by atoms with Gasteiger partial charge in [0.05, 0.1) is 33.4 Å². The molecule has 2 heterocycles. The maximum Gasteiger partial charge on any atom is 0.247 e. The Labute approximate surface area is 203 Å². The average molecular weight is 483 g/mol. The van der Waals surface area contributed by atoms with E-state index in [1.165, 1.54) is 11.3 Å². The summed E-state index contributed by atoms with van der Waals surface area (Å²) in [6, 6.07) is 12.0. The Hall–Kier alpha value is -3.26. The predicted molar refractivity (Wildman–Crippen MR) is 130 cm³/mol. The molecule has 8 heteroatoms. The lowest BCUT2D eigenvalue weighted by atomic mass is 10.0. The first-order chi connectivity index (χ1) is 16.6. The molecule has 0 bridgehead atoms. The largest absolute Gasteiger partial charge is 0.497 e. The molecular formula is C26H30N2O5S. The van der Waals surface area contributed by atoms with Crippen LogP contribution in [0.5, 0.6) is 11.5 Å². The fourth-order valence-electron chi connectivity index (χ4n) is 4.40. The second-order valence-electron chi connectivity index (χ2n) is 8.36. The second-order valence-corrected chi connectivity index (χ2v) is 9.39. The van der Waals surface area contributed by atoms with Gasteiger partial charge >= 0.3 is 0 Å². The Morgan fingerprint density at radius 2 is 1.97 bits per heavy atom. The van der Waals surface area contributed by atoms with Gasteiger partial charge in [0.25, 0.3) is 0 Å². The van der Waals surface area contributed by atoms with Crippen molar-refractivity contribution >= 4 is 23.2 Å². The first-order valence-electron chi connectivity index (χ1n) is 11.5. The van der Waals surface area contributed by atoms with Crippen molar-refractivity contribution < 1.29 is 23.5 Å². The van der Waals surface area contributed by atoms with Crippen molar-refractivity contribution in [2.24, 2.45) is 0 Å². The number of benzene rings is 1. The van der Waals surface area contributed by atoms with E-state index < -0.39 is 6.04 Å². The van der Waals surface area contributed by atoms with Crippen LogP contribution in [0.1, 0.15) is 47.9 Å². The van der Waals surface area contributed by atoms with Crippen molar-refractivity contribution in [3.8, 4) is 11.5 Å². The SMILES string of the molecule is COc1ccc(C(C(=O)NC2CCCC2)N(Cc2ccco2)C(=O)Cc2cccs2)c(OC)c1. The van der Waals surface area contributed by atoms with Gasteiger partial charge in [0, 0.05) is 22.5 Å². The van der Waals surface area contributed by atoms with E-state index >= 15 is 0 Å². The number of amides is 2. The summed E-state index contributed by atoms with van der Waals surface area (Å²) in [5.74, 6) is 1.31. The summed E-state index contributed by atoms with van der Waals surface area (Å²) >= 11 is 1.52. The van der Waals surface area contributed by atoms with Crippen molar-refractivity contribution in [1.29, 1.82) is 0 Å². The quantitative estimate of drug-likeness (QED) is 0.452. The highest BCUT2D eigenvalue weighted by molar-refractivity contribution is 7.10. The van der Waals surface area contributed by atoms with E-state index in [0.29, 0.717) is 22.8 Å². The second kappa shape index (κ2) is 11.2. The van der Waals surface area contributed by atoms with Gasteiger partial charge in [-0.1, -0.05) is 18.9 Å².